The number of benzene rings is 1. The Hall–Kier alpha value is -1.79. The Morgan fingerprint density at radius 3 is 2.72 bits per heavy atom. The maximum absolute atomic E-state index is 5.84. The zero-order valence-electron chi connectivity index (χ0n) is 10.7. The summed E-state index contributed by atoms with van der Waals surface area (Å²) in [5.74, 6) is 1.08. The molecule has 1 atom stereocenters. The smallest absolute Gasteiger partial charge is 0.156 e. The molecule has 1 unspecified atom stereocenters. The molecule has 0 radical (unpaired) electrons. The number of aromatic nitrogens is 2. The Kier molecular flexibility index (Phi) is 3.69. The number of ether oxygens (including phenoxy) is 3. The molecule has 1 heterocycles. The quantitative estimate of drug-likeness (QED) is 0.841. The van der Waals surface area contributed by atoms with Gasteiger partial charge in [-0.2, -0.15) is 5.10 Å². The molecule has 6 heteroatoms. The molecule has 18 heavy (non-hydrogen) atoms. The van der Waals surface area contributed by atoms with Crippen molar-refractivity contribution in [2.45, 2.75) is 6.10 Å². The van der Waals surface area contributed by atoms with Crippen molar-refractivity contribution in [1.82, 2.24) is 10.2 Å². The van der Waals surface area contributed by atoms with E-state index in [1.807, 2.05) is 12.1 Å². The molecule has 0 saturated heterocycles. The highest BCUT2D eigenvalue weighted by Gasteiger charge is 2.20. The summed E-state index contributed by atoms with van der Waals surface area (Å²) in [5, 5.41) is 7.60. The van der Waals surface area contributed by atoms with Crippen LogP contribution in [0.4, 0.5) is 5.82 Å². The third-order valence-corrected chi connectivity index (χ3v) is 2.89. The largest absolute Gasteiger partial charge is 0.496 e. The van der Waals surface area contributed by atoms with E-state index in [1.165, 1.54) is 0 Å². The van der Waals surface area contributed by atoms with Crippen molar-refractivity contribution in [2.75, 3.05) is 33.7 Å². The Labute approximate surface area is 105 Å². The number of hydrogen-bond acceptors (Lipinski definition) is 5. The molecule has 2 rings (SSSR count). The van der Waals surface area contributed by atoms with Gasteiger partial charge in [-0.05, 0) is 6.07 Å². The molecular formula is C12H17N3O3. The highest BCUT2D eigenvalue weighted by molar-refractivity contribution is 5.95. The summed E-state index contributed by atoms with van der Waals surface area (Å²) < 4.78 is 16.0. The average molecular weight is 251 g/mol. The molecule has 98 valence electrons. The molecular weight excluding hydrogens is 234 g/mol. The van der Waals surface area contributed by atoms with Gasteiger partial charge in [0.15, 0.2) is 5.82 Å². The van der Waals surface area contributed by atoms with E-state index in [0.717, 1.165) is 16.5 Å². The van der Waals surface area contributed by atoms with Gasteiger partial charge in [0.2, 0.25) is 0 Å². The highest BCUT2D eigenvalue weighted by Crippen LogP contribution is 2.36. The summed E-state index contributed by atoms with van der Waals surface area (Å²) in [6.07, 6.45) is -0.205. The molecule has 1 aromatic heterocycles. The van der Waals surface area contributed by atoms with Crippen LogP contribution in [-0.4, -0.2) is 38.1 Å². The molecule has 6 nitrogen and oxygen atoms in total. The first-order valence-electron chi connectivity index (χ1n) is 5.55. The van der Waals surface area contributed by atoms with Crippen LogP contribution in [0, 0.1) is 0 Å². The third-order valence-electron chi connectivity index (χ3n) is 2.89. The maximum Gasteiger partial charge on any atom is 0.156 e. The van der Waals surface area contributed by atoms with Gasteiger partial charge in [0.1, 0.15) is 11.9 Å². The Bertz CT molecular complexity index is 539. The first kappa shape index (κ1) is 12.7. The summed E-state index contributed by atoms with van der Waals surface area (Å²) in [6, 6.07) is 3.82. The van der Waals surface area contributed by atoms with Gasteiger partial charge in [0.05, 0.1) is 24.6 Å². The summed E-state index contributed by atoms with van der Waals surface area (Å²) >= 11 is 0. The van der Waals surface area contributed by atoms with Crippen molar-refractivity contribution < 1.29 is 14.2 Å². The fourth-order valence-corrected chi connectivity index (χ4v) is 2.03. The first-order valence-corrected chi connectivity index (χ1v) is 5.55. The number of nitrogens with two attached hydrogens (primary N) is 1. The Morgan fingerprint density at radius 1 is 1.33 bits per heavy atom. The zero-order chi connectivity index (χ0) is 13.1. The SMILES string of the molecule is COCC(OC)c1ccc2[nH]nc(N)c2c1OC. The van der Waals surface area contributed by atoms with Crippen LogP contribution in [-0.2, 0) is 9.47 Å². The molecule has 0 aliphatic rings. The van der Waals surface area contributed by atoms with E-state index < -0.39 is 0 Å². The van der Waals surface area contributed by atoms with Crippen LogP contribution >= 0.6 is 0 Å². The van der Waals surface area contributed by atoms with Crippen LogP contribution in [0.3, 0.4) is 0 Å². The van der Waals surface area contributed by atoms with Crippen molar-refractivity contribution in [3.8, 4) is 5.75 Å². The van der Waals surface area contributed by atoms with Crippen molar-refractivity contribution in [1.29, 1.82) is 0 Å². The minimum absolute atomic E-state index is 0.205. The van der Waals surface area contributed by atoms with E-state index in [9.17, 15) is 0 Å². The molecule has 0 spiro atoms. The normalized spacial score (nSPS) is 12.8. The van der Waals surface area contributed by atoms with E-state index in [0.29, 0.717) is 18.2 Å². The lowest BCUT2D eigenvalue weighted by Crippen LogP contribution is -2.10. The predicted molar refractivity (Wildman–Crippen MR) is 68.7 cm³/mol. The van der Waals surface area contributed by atoms with Crippen molar-refractivity contribution >= 4 is 16.7 Å². The predicted octanol–water partition coefficient (Wildman–Crippen LogP) is 1.49. The fraction of sp³-hybridized carbons (Fsp3) is 0.417. The van der Waals surface area contributed by atoms with Gasteiger partial charge in [-0.15, -0.1) is 0 Å². The van der Waals surface area contributed by atoms with E-state index in [-0.39, 0.29) is 6.10 Å². The number of fused-ring (bicyclic) bond motifs is 1. The number of hydrogen-bond donors (Lipinski definition) is 2. The lowest BCUT2D eigenvalue weighted by molar-refractivity contribution is 0.0262. The molecule has 0 saturated carbocycles. The summed E-state index contributed by atoms with van der Waals surface area (Å²) in [6.45, 7) is 0.441. The molecule has 0 aliphatic carbocycles. The Balaban J connectivity index is 2.59. The van der Waals surface area contributed by atoms with E-state index in [4.69, 9.17) is 19.9 Å². The van der Waals surface area contributed by atoms with Gasteiger partial charge in [-0.25, -0.2) is 0 Å². The van der Waals surface area contributed by atoms with E-state index in [2.05, 4.69) is 10.2 Å². The van der Waals surface area contributed by atoms with E-state index in [1.54, 1.807) is 21.3 Å². The van der Waals surface area contributed by atoms with Crippen LogP contribution in [0.25, 0.3) is 10.9 Å². The topological polar surface area (TPSA) is 82.4 Å². The monoisotopic (exact) mass is 251 g/mol. The van der Waals surface area contributed by atoms with Crippen molar-refractivity contribution in [3.63, 3.8) is 0 Å². The number of rotatable bonds is 5. The lowest BCUT2D eigenvalue weighted by Gasteiger charge is -2.18. The highest BCUT2D eigenvalue weighted by atomic mass is 16.5. The fourth-order valence-electron chi connectivity index (χ4n) is 2.03. The van der Waals surface area contributed by atoms with Crippen molar-refractivity contribution in [3.05, 3.63) is 17.7 Å². The van der Waals surface area contributed by atoms with Crippen LogP contribution in [0.1, 0.15) is 11.7 Å². The van der Waals surface area contributed by atoms with Gasteiger partial charge in [0, 0.05) is 19.8 Å². The standard InChI is InChI=1S/C12H17N3O3/c1-16-6-9(17-2)7-4-5-8-10(11(7)18-3)12(13)15-14-8/h4-5,9H,6H2,1-3H3,(H3,13,14,15). The lowest BCUT2D eigenvalue weighted by atomic mass is 10.1. The number of nitrogens with zero attached hydrogens (tertiary/aromatic N) is 1. The van der Waals surface area contributed by atoms with Crippen LogP contribution in [0.5, 0.6) is 5.75 Å². The van der Waals surface area contributed by atoms with Crippen LogP contribution < -0.4 is 10.5 Å². The summed E-state index contributed by atoms with van der Waals surface area (Å²) in [7, 11) is 4.86. The van der Waals surface area contributed by atoms with Gasteiger partial charge >= 0.3 is 0 Å². The zero-order valence-corrected chi connectivity index (χ0v) is 10.7. The van der Waals surface area contributed by atoms with Crippen LogP contribution in [0.2, 0.25) is 0 Å². The van der Waals surface area contributed by atoms with Crippen molar-refractivity contribution in [2.24, 2.45) is 0 Å². The number of nitrogen functional groups attached to an aromatic ring is 1. The Morgan fingerprint density at radius 2 is 2.11 bits per heavy atom. The van der Waals surface area contributed by atoms with Gasteiger partial charge < -0.3 is 19.9 Å². The molecule has 0 bridgehead atoms. The molecule has 2 aromatic rings. The second-order valence-corrected chi connectivity index (χ2v) is 3.90. The minimum atomic E-state index is -0.205. The third kappa shape index (κ3) is 2.00. The molecule has 0 aliphatic heterocycles. The summed E-state index contributed by atoms with van der Waals surface area (Å²) in [4.78, 5) is 0. The second kappa shape index (κ2) is 5.24. The number of nitrogens with one attached hydrogen (secondary N) is 1. The minimum Gasteiger partial charge on any atom is -0.496 e. The summed E-state index contributed by atoms with van der Waals surface area (Å²) in [5.41, 5.74) is 7.57. The van der Waals surface area contributed by atoms with Gasteiger partial charge in [0.25, 0.3) is 0 Å². The number of anilines is 1. The maximum atomic E-state index is 5.84. The number of methoxy groups -OCH3 is 3. The number of aromatic amines is 1. The average Bonchev–Trinajstić information content (AvgIpc) is 2.77. The molecule has 0 fully saturated rings. The number of H-pyrrole nitrogens is 1. The van der Waals surface area contributed by atoms with E-state index >= 15 is 0 Å². The molecule has 3 N–H and O–H groups in total. The first-order chi connectivity index (χ1) is 8.72. The van der Waals surface area contributed by atoms with Crippen LogP contribution in [0.15, 0.2) is 12.1 Å². The van der Waals surface area contributed by atoms with Gasteiger partial charge in [-0.3, -0.25) is 5.10 Å². The molecule has 0 amide bonds. The molecule has 1 aromatic carbocycles. The van der Waals surface area contributed by atoms with Gasteiger partial charge in [-0.1, -0.05) is 6.07 Å². The second-order valence-electron chi connectivity index (χ2n) is 3.90.